The number of rotatable bonds is 6. The largest absolute Gasteiger partial charge is 0.382 e. The monoisotopic (exact) mass is 387 g/mol. The van der Waals surface area contributed by atoms with Crippen molar-refractivity contribution in [1.29, 1.82) is 0 Å². The summed E-state index contributed by atoms with van der Waals surface area (Å²) in [5.41, 5.74) is 5.52. The van der Waals surface area contributed by atoms with Gasteiger partial charge in [-0.3, -0.25) is 0 Å². The quantitative estimate of drug-likeness (QED) is 0.521. The van der Waals surface area contributed by atoms with E-state index in [0.717, 1.165) is 45.0 Å². The number of fused-ring (bicyclic) bond motifs is 2. The molecule has 0 aliphatic heterocycles. The van der Waals surface area contributed by atoms with Gasteiger partial charge in [0.25, 0.3) is 0 Å². The first-order valence-electron chi connectivity index (χ1n) is 10.0. The lowest BCUT2D eigenvalue weighted by molar-refractivity contribution is 0.618. The molecule has 4 aromatic heterocycles. The van der Waals surface area contributed by atoms with Crippen LogP contribution in [0.25, 0.3) is 33.6 Å². The fourth-order valence-electron chi connectivity index (χ4n) is 3.72. The minimum Gasteiger partial charge on any atom is -0.382 e. The van der Waals surface area contributed by atoms with Crippen molar-refractivity contribution >= 4 is 28.2 Å². The first-order valence-corrected chi connectivity index (χ1v) is 10.0. The normalized spacial score (nSPS) is 14.1. The van der Waals surface area contributed by atoms with E-state index in [2.05, 4.69) is 58.0 Å². The number of anilines is 1. The summed E-state index contributed by atoms with van der Waals surface area (Å²) in [5, 5.41) is 12.4. The molecule has 1 saturated carbocycles. The molecule has 0 atom stereocenters. The van der Waals surface area contributed by atoms with Gasteiger partial charge in [-0.15, -0.1) is 0 Å². The summed E-state index contributed by atoms with van der Waals surface area (Å²) in [6, 6.07) is 6.94. The predicted octanol–water partition coefficient (Wildman–Crippen LogP) is 4.09. The van der Waals surface area contributed by atoms with E-state index in [9.17, 15) is 0 Å². The van der Waals surface area contributed by atoms with Gasteiger partial charge in [-0.2, -0.15) is 9.61 Å². The van der Waals surface area contributed by atoms with E-state index in [1.165, 1.54) is 12.8 Å². The van der Waals surface area contributed by atoms with Gasteiger partial charge in [-0.05, 0) is 38.8 Å². The van der Waals surface area contributed by atoms with Crippen molar-refractivity contribution in [3.63, 3.8) is 0 Å². The molecule has 0 aromatic carbocycles. The number of hydrogen-bond acceptors (Lipinski definition) is 5. The van der Waals surface area contributed by atoms with Crippen LogP contribution in [0.1, 0.15) is 38.3 Å². The molecular formula is C22H25N7. The summed E-state index contributed by atoms with van der Waals surface area (Å²) in [6.07, 6.45) is 8.21. The molecule has 2 N–H and O–H groups in total. The Morgan fingerprint density at radius 2 is 2.10 bits per heavy atom. The third-order valence-corrected chi connectivity index (χ3v) is 5.43. The Morgan fingerprint density at radius 1 is 1.28 bits per heavy atom. The summed E-state index contributed by atoms with van der Waals surface area (Å²) in [4.78, 5) is 9.61. The van der Waals surface area contributed by atoms with Crippen molar-refractivity contribution in [3.05, 3.63) is 48.9 Å². The molecule has 4 aromatic rings. The molecular weight excluding hydrogens is 362 g/mol. The van der Waals surface area contributed by atoms with Crippen LogP contribution < -0.4 is 10.6 Å². The van der Waals surface area contributed by atoms with Gasteiger partial charge in [-0.1, -0.05) is 6.58 Å². The molecule has 0 radical (unpaired) electrons. The van der Waals surface area contributed by atoms with Crippen molar-refractivity contribution in [3.8, 4) is 11.3 Å². The summed E-state index contributed by atoms with van der Waals surface area (Å²) < 4.78 is 4.03. The molecule has 1 fully saturated rings. The van der Waals surface area contributed by atoms with Crippen LogP contribution in [0.15, 0.2) is 43.4 Å². The minimum atomic E-state index is 0.307. The Labute approximate surface area is 169 Å². The van der Waals surface area contributed by atoms with Crippen LogP contribution in [-0.2, 0) is 0 Å². The zero-order valence-corrected chi connectivity index (χ0v) is 17.0. The molecule has 1 aliphatic carbocycles. The molecule has 0 amide bonds. The number of pyridine rings is 1. The highest BCUT2D eigenvalue weighted by Gasteiger charge is 2.24. The third kappa shape index (κ3) is 2.93. The van der Waals surface area contributed by atoms with Crippen LogP contribution in [0.2, 0.25) is 0 Å². The predicted molar refractivity (Wildman–Crippen MR) is 117 cm³/mol. The maximum atomic E-state index is 5.00. The molecule has 4 heterocycles. The Morgan fingerprint density at radius 3 is 2.83 bits per heavy atom. The molecule has 0 unspecified atom stereocenters. The average Bonchev–Trinajstić information content (AvgIpc) is 3.28. The number of hydrogen-bond donors (Lipinski definition) is 2. The molecule has 1 aliphatic rings. The molecule has 7 nitrogen and oxygen atoms in total. The smallest absolute Gasteiger partial charge is 0.167 e. The van der Waals surface area contributed by atoms with E-state index >= 15 is 0 Å². The van der Waals surface area contributed by atoms with Gasteiger partial charge in [-0.25, -0.2) is 9.97 Å². The van der Waals surface area contributed by atoms with Gasteiger partial charge < -0.3 is 15.2 Å². The fourth-order valence-corrected chi connectivity index (χ4v) is 3.72. The van der Waals surface area contributed by atoms with Gasteiger partial charge in [0.1, 0.15) is 11.5 Å². The first-order chi connectivity index (χ1) is 14.1. The van der Waals surface area contributed by atoms with E-state index < -0.39 is 0 Å². The molecule has 0 saturated heterocycles. The topological polar surface area (TPSA) is 72.1 Å². The fraction of sp³-hybridized carbons (Fsp3) is 0.318. The minimum absolute atomic E-state index is 0.307. The molecule has 148 valence electrons. The highest BCUT2D eigenvalue weighted by Crippen LogP contribution is 2.33. The van der Waals surface area contributed by atoms with Crippen molar-refractivity contribution < 1.29 is 0 Å². The number of aromatic nitrogens is 5. The highest BCUT2D eigenvalue weighted by molar-refractivity contribution is 5.94. The second-order valence-electron chi connectivity index (χ2n) is 7.89. The zero-order chi connectivity index (χ0) is 20.1. The van der Waals surface area contributed by atoms with Crippen LogP contribution in [0.4, 0.5) is 5.82 Å². The number of nitrogens with zero attached hydrogens (tertiary/aromatic N) is 5. The van der Waals surface area contributed by atoms with Gasteiger partial charge in [0, 0.05) is 54.2 Å². The Balaban J connectivity index is 1.71. The number of nitrogens with one attached hydrogen (secondary N) is 2. The van der Waals surface area contributed by atoms with Crippen LogP contribution in [-0.4, -0.2) is 37.2 Å². The van der Waals surface area contributed by atoms with E-state index in [-0.39, 0.29) is 0 Å². The molecule has 7 heteroatoms. The highest BCUT2D eigenvalue weighted by atomic mass is 15.3. The van der Waals surface area contributed by atoms with Gasteiger partial charge in [0.05, 0.1) is 17.5 Å². The second-order valence-corrected chi connectivity index (χ2v) is 7.89. The van der Waals surface area contributed by atoms with Crippen molar-refractivity contribution in [2.24, 2.45) is 0 Å². The van der Waals surface area contributed by atoms with Crippen LogP contribution in [0, 0.1) is 0 Å². The molecule has 0 bridgehead atoms. The van der Waals surface area contributed by atoms with Crippen molar-refractivity contribution in [2.75, 3.05) is 12.4 Å². The van der Waals surface area contributed by atoms with Crippen LogP contribution in [0.5, 0.6) is 0 Å². The maximum absolute atomic E-state index is 5.00. The summed E-state index contributed by atoms with van der Waals surface area (Å²) >= 11 is 0. The van der Waals surface area contributed by atoms with Gasteiger partial charge in [0.2, 0.25) is 0 Å². The standard InChI is InChI=1S/C22H25N7/c1-13(2)28-12-18(16-6-5-9-24-21(16)28)19-10-20(23-4)29-22(27-19)17(11-25-29)14(3)26-15-7-8-15/h5-6,9-13,15,23,26H,3,7-8H2,1-2,4H3. The Hall–Kier alpha value is -3.35. The molecule has 5 rings (SSSR count). The summed E-state index contributed by atoms with van der Waals surface area (Å²) in [7, 11) is 1.90. The van der Waals surface area contributed by atoms with Crippen molar-refractivity contribution in [2.45, 2.75) is 38.8 Å². The Bertz CT molecular complexity index is 1230. The second kappa shape index (κ2) is 6.62. The van der Waals surface area contributed by atoms with Crippen molar-refractivity contribution in [1.82, 2.24) is 29.5 Å². The van der Waals surface area contributed by atoms with E-state index in [1.807, 2.05) is 36.1 Å². The first kappa shape index (κ1) is 17.7. The molecule has 29 heavy (non-hydrogen) atoms. The summed E-state index contributed by atoms with van der Waals surface area (Å²) in [5.74, 6) is 0.879. The van der Waals surface area contributed by atoms with Gasteiger partial charge in [0.15, 0.2) is 5.65 Å². The van der Waals surface area contributed by atoms with Gasteiger partial charge >= 0.3 is 0 Å². The van der Waals surface area contributed by atoms with E-state index in [1.54, 1.807) is 0 Å². The average molecular weight is 387 g/mol. The van der Waals surface area contributed by atoms with Crippen LogP contribution in [0.3, 0.4) is 0 Å². The Kier molecular flexibility index (Phi) is 4.04. The van der Waals surface area contributed by atoms with E-state index in [4.69, 9.17) is 4.98 Å². The summed E-state index contributed by atoms with van der Waals surface area (Å²) in [6.45, 7) is 8.55. The lowest BCUT2D eigenvalue weighted by Crippen LogP contribution is -2.13. The zero-order valence-electron chi connectivity index (χ0n) is 17.0. The van der Waals surface area contributed by atoms with E-state index in [0.29, 0.717) is 12.1 Å². The lowest BCUT2D eigenvalue weighted by Gasteiger charge is -2.10. The third-order valence-electron chi connectivity index (χ3n) is 5.43. The molecule has 0 spiro atoms. The maximum Gasteiger partial charge on any atom is 0.167 e. The SMILES string of the molecule is C=C(NC1CC1)c1cnn2c(NC)cc(-c3cn(C(C)C)c4ncccc34)nc12. The lowest BCUT2D eigenvalue weighted by atomic mass is 10.1. The van der Waals surface area contributed by atoms with Crippen LogP contribution >= 0.6 is 0 Å².